The van der Waals surface area contributed by atoms with Gasteiger partial charge in [0.05, 0.1) is 6.61 Å². The van der Waals surface area contributed by atoms with Crippen molar-refractivity contribution in [1.82, 2.24) is 4.90 Å². The van der Waals surface area contributed by atoms with E-state index in [0.717, 1.165) is 38.4 Å². The number of nitrogens with zero attached hydrogens (tertiary/aromatic N) is 1. The Morgan fingerprint density at radius 1 is 1.42 bits per heavy atom. The van der Waals surface area contributed by atoms with Crippen molar-refractivity contribution in [3.8, 4) is 0 Å². The molecule has 0 amide bonds. The molecule has 1 aromatic carbocycles. The molecule has 0 radical (unpaired) electrons. The van der Waals surface area contributed by atoms with Gasteiger partial charge in [0.15, 0.2) is 0 Å². The predicted octanol–water partition coefficient (Wildman–Crippen LogP) is 2.48. The zero-order chi connectivity index (χ0) is 14.3. The number of halogens is 1. The van der Waals surface area contributed by atoms with Crippen LogP contribution in [0.15, 0.2) is 18.2 Å². The second kappa shape index (κ2) is 8.15. The molecule has 3 N–H and O–H groups in total. The van der Waals surface area contributed by atoms with Gasteiger partial charge in [-0.3, -0.25) is 10.3 Å². The summed E-state index contributed by atoms with van der Waals surface area (Å²) < 4.78 is 5.37. The number of hydrogen-bond donors (Lipinski definition) is 2. The molecule has 5 heteroatoms. The molecule has 19 heavy (non-hydrogen) atoms. The molecule has 0 heterocycles. The Morgan fingerprint density at radius 3 is 2.68 bits per heavy atom. The van der Waals surface area contributed by atoms with E-state index < -0.39 is 0 Å². The van der Waals surface area contributed by atoms with Crippen LogP contribution in [0.25, 0.3) is 0 Å². The van der Waals surface area contributed by atoms with Crippen LogP contribution in [0.3, 0.4) is 0 Å². The molecule has 0 fully saturated rings. The van der Waals surface area contributed by atoms with Gasteiger partial charge in [0.25, 0.3) is 0 Å². The Bertz CT molecular complexity index is 423. The van der Waals surface area contributed by atoms with Gasteiger partial charge in [0, 0.05) is 30.3 Å². The Labute approximate surface area is 120 Å². The summed E-state index contributed by atoms with van der Waals surface area (Å²) in [4.78, 5) is 2.27. The van der Waals surface area contributed by atoms with Crippen molar-refractivity contribution < 1.29 is 4.74 Å². The van der Waals surface area contributed by atoms with Crippen LogP contribution in [0.4, 0.5) is 0 Å². The van der Waals surface area contributed by atoms with E-state index in [4.69, 9.17) is 27.5 Å². The number of nitrogens with one attached hydrogen (secondary N) is 1. The van der Waals surface area contributed by atoms with E-state index in [0.29, 0.717) is 10.6 Å². The third kappa shape index (κ3) is 5.19. The molecule has 0 atom stereocenters. The van der Waals surface area contributed by atoms with Crippen LogP contribution in [0.1, 0.15) is 25.0 Å². The fraction of sp³-hybridized carbons (Fsp3) is 0.500. The molecule has 0 aromatic heterocycles. The quantitative estimate of drug-likeness (QED) is 0.438. The molecule has 0 unspecified atom stereocenters. The molecule has 0 saturated carbocycles. The largest absolute Gasteiger partial charge is 0.384 e. The van der Waals surface area contributed by atoms with Gasteiger partial charge in [0.1, 0.15) is 5.84 Å². The average molecular weight is 284 g/mol. The maximum atomic E-state index is 7.38. The van der Waals surface area contributed by atoms with E-state index in [1.54, 1.807) is 6.07 Å². The number of nitrogens with two attached hydrogens (primary N) is 1. The lowest BCUT2D eigenvalue weighted by Crippen LogP contribution is -2.27. The Balaban J connectivity index is 2.66. The van der Waals surface area contributed by atoms with Crippen LogP contribution < -0.4 is 5.73 Å². The third-order valence-corrected chi connectivity index (χ3v) is 3.31. The van der Waals surface area contributed by atoms with Crippen LogP contribution in [0.2, 0.25) is 5.02 Å². The summed E-state index contributed by atoms with van der Waals surface area (Å²) in [5, 5.41) is 8.04. The van der Waals surface area contributed by atoms with Crippen molar-refractivity contribution in [3.05, 3.63) is 34.3 Å². The van der Waals surface area contributed by atoms with Crippen molar-refractivity contribution in [2.24, 2.45) is 5.73 Å². The zero-order valence-electron chi connectivity index (χ0n) is 11.6. The minimum Gasteiger partial charge on any atom is -0.384 e. The first-order valence-electron chi connectivity index (χ1n) is 6.51. The van der Waals surface area contributed by atoms with Gasteiger partial charge >= 0.3 is 0 Å². The normalized spacial score (nSPS) is 10.9. The topological polar surface area (TPSA) is 62.3 Å². The van der Waals surface area contributed by atoms with Crippen LogP contribution in [0, 0.1) is 5.41 Å². The summed E-state index contributed by atoms with van der Waals surface area (Å²) in [6.07, 6.45) is 0. The lowest BCUT2D eigenvalue weighted by molar-refractivity contribution is 0.113. The third-order valence-electron chi connectivity index (χ3n) is 2.96. The molecule has 1 aromatic rings. The summed E-state index contributed by atoms with van der Waals surface area (Å²) in [5.74, 6) is 0.0390. The van der Waals surface area contributed by atoms with E-state index in [2.05, 4.69) is 11.8 Å². The maximum absolute atomic E-state index is 7.38. The minimum atomic E-state index is 0.0390. The summed E-state index contributed by atoms with van der Waals surface area (Å²) in [6.45, 7) is 8.18. The molecular weight excluding hydrogens is 262 g/mol. The maximum Gasteiger partial charge on any atom is 0.122 e. The SMILES string of the molecule is CCOCCN(CC)Cc1ccc(C(=N)N)cc1Cl. The molecule has 1 rings (SSSR count). The Kier molecular flexibility index (Phi) is 6.84. The molecule has 0 saturated heterocycles. The Morgan fingerprint density at radius 2 is 2.16 bits per heavy atom. The number of ether oxygens (including phenoxy) is 1. The van der Waals surface area contributed by atoms with E-state index in [-0.39, 0.29) is 5.84 Å². The van der Waals surface area contributed by atoms with Crippen LogP contribution in [0.5, 0.6) is 0 Å². The van der Waals surface area contributed by atoms with Crippen LogP contribution in [-0.4, -0.2) is 37.0 Å². The van der Waals surface area contributed by atoms with Crippen molar-refractivity contribution in [2.75, 3.05) is 26.3 Å². The highest BCUT2D eigenvalue weighted by Gasteiger charge is 2.08. The van der Waals surface area contributed by atoms with Crippen LogP contribution in [-0.2, 0) is 11.3 Å². The molecule has 106 valence electrons. The molecule has 0 aliphatic heterocycles. The first-order chi connectivity index (χ1) is 9.08. The summed E-state index contributed by atoms with van der Waals surface area (Å²) in [6, 6.07) is 5.51. The number of benzene rings is 1. The molecule has 0 aliphatic carbocycles. The molecule has 0 spiro atoms. The fourth-order valence-electron chi connectivity index (χ4n) is 1.77. The first kappa shape index (κ1) is 16.0. The van der Waals surface area contributed by atoms with Crippen molar-refractivity contribution >= 4 is 17.4 Å². The first-order valence-corrected chi connectivity index (χ1v) is 6.89. The second-order valence-corrected chi connectivity index (χ2v) is 4.69. The van der Waals surface area contributed by atoms with Gasteiger partial charge in [-0.05, 0) is 25.1 Å². The van der Waals surface area contributed by atoms with E-state index >= 15 is 0 Å². The highest BCUT2D eigenvalue weighted by atomic mass is 35.5. The molecule has 4 nitrogen and oxygen atoms in total. The van der Waals surface area contributed by atoms with E-state index in [9.17, 15) is 0 Å². The number of amidine groups is 1. The molecule has 0 bridgehead atoms. The van der Waals surface area contributed by atoms with Gasteiger partial charge in [-0.25, -0.2) is 0 Å². The number of rotatable bonds is 8. The van der Waals surface area contributed by atoms with Gasteiger partial charge < -0.3 is 10.5 Å². The zero-order valence-corrected chi connectivity index (χ0v) is 12.3. The lowest BCUT2D eigenvalue weighted by atomic mass is 10.1. The Hall–Kier alpha value is -1.10. The average Bonchev–Trinajstić information content (AvgIpc) is 2.39. The minimum absolute atomic E-state index is 0.0390. The summed E-state index contributed by atoms with van der Waals surface area (Å²) >= 11 is 6.23. The highest BCUT2D eigenvalue weighted by Crippen LogP contribution is 2.19. The summed E-state index contributed by atoms with van der Waals surface area (Å²) in [5.41, 5.74) is 7.14. The van der Waals surface area contributed by atoms with E-state index in [1.165, 1.54) is 0 Å². The predicted molar refractivity (Wildman–Crippen MR) is 79.9 cm³/mol. The number of likely N-dealkylation sites (N-methyl/N-ethyl adjacent to an activating group) is 1. The number of hydrogen-bond acceptors (Lipinski definition) is 3. The van der Waals surface area contributed by atoms with Gasteiger partial charge in [-0.1, -0.05) is 30.7 Å². The van der Waals surface area contributed by atoms with Crippen molar-refractivity contribution in [3.63, 3.8) is 0 Å². The highest BCUT2D eigenvalue weighted by molar-refractivity contribution is 6.31. The molecular formula is C14H22ClN3O. The second-order valence-electron chi connectivity index (χ2n) is 4.29. The smallest absolute Gasteiger partial charge is 0.122 e. The van der Waals surface area contributed by atoms with Gasteiger partial charge in [0.2, 0.25) is 0 Å². The monoisotopic (exact) mass is 283 g/mol. The standard InChI is InChI=1S/C14H22ClN3O/c1-3-18(7-8-19-4-2)10-12-6-5-11(14(16)17)9-13(12)15/h5-6,9H,3-4,7-8,10H2,1-2H3,(H3,16,17). The van der Waals surface area contributed by atoms with Crippen LogP contribution >= 0.6 is 11.6 Å². The van der Waals surface area contributed by atoms with E-state index in [1.807, 2.05) is 19.1 Å². The van der Waals surface area contributed by atoms with Crippen molar-refractivity contribution in [2.45, 2.75) is 20.4 Å². The fourth-order valence-corrected chi connectivity index (χ4v) is 2.01. The van der Waals surface area contributed by atoms with Crippen molar-refractivity contribution in [1.29, 1.82) is 5.41 Å². The van der Waals surface area contributed by atoms with Gasteiger partial charge in [-0.15, -0.1) is 0 Å². The lowest BCUT2D eigenvalue weighted by Gasteiger charge is -2.21. The summed E-state index contributed by atoms with van der Waals surface area (Å²) in [7, 11) is 0. The van der Waals surface area contributed by atoms with Gasteiger partial charge in [-0.2, -0.15) is 0 Å². The number of nitrogen functional groups attached to an aromatic ring is 1. The molecule has 0 aliphatic rings.